The molecule has 3 amide bonds. The van der Waals surface area contributed by atoms with Crippen molar-refractivity contribution in [1.82, 2.24) is 0 Å². The highest BCUT2D eigenvalue weighted by molar-refractivity contribution is 7.85. The van der Waals surface area contributed by atoms with Gasteiger partial charge in [0.25, 0.3) is 27.8 Å². The van der Waals surface area contributed by atoms with Gasteiger partial charge in [-0.05, 0) is 69.3 Å². The molecule has 0 spiro atoms. The van der Waals surface area contributed by atoms with Crippen molar-refractivity contribution < 1.29 is 27.4 Å². The molecule has 13 heteroatoms. The maximum atomic E-state index is 14.7. The van der Waals surface area contributed by atoms with Crippen molar-refractivity contribution in [2.75, 3.05) is 15.0 Å². The van der Waals surface area contributed by atoms with E-state index < -0.39 is 45.1 Å². The third-order valence-electron chi connectivity index (χ3n) is 7.95. The number of carbonyl (C=O) groups is 3. The molecule has 0 unspecified atom stereocenters. The average Bonchev–Trinajstić information content (AvgIpc) is 3.56. The van der Waals surface area contributed by atoms with Gasteiger partial charge < -0.3 is 0 Å². The van der Waals surface area contributed by atoms with Crippen molar-refractivity contribution in [1.29, 1.82) is 0 Å². The molecule has 0 aromatic heterocycles. The highest BCUT2D eigenvalue weighted by Crippen LogP contribution is 2.51. The summed E-state index contributed by atoms with van der Waals surface area (Å²) in [6, 6.07) is 22.4. The fourth-order valence-electron chi connectivity index (χ4n) is 6.06. The molecule has 3 aromatic rings. The number of hydrogen-bond acceptors (Lipinski definition) is 8. The van der Waals surface area contributed by atoms with Crippen LogP contribution in [-0.4, -0.2) is 47.8 Å². The van der Waals surface area contributed by atoms with Gasteiger partial charge in [-0.1, -0.05) is 36.4 Å². The second-order valence-corrected chi connectivity index (χ2v) is 11.9. The molecule has 12 nitrogen and oxygen atoms in total. The molecule has 0 bridgehead atoms. The molecule has 3 atom stereocenters. The summed E-state index contributed by atoms with van der Waals surface area (Å²) in [7, 11) is -4.46. The smallest absolute Gasteiger partial charge is 0.282 e. The van der Waals surface area contributed by atoms with Crippen LogP contribution in [0.3, 0.4) is 0 Å². The zero-order valence-corrected chi connectivity index (χ0v) is 24.1. The lowest BCUT2D eigenvalue weighted by molar-refractivity contribution is -0.136. The summed E-state index contributed by atoms with van der Waals surface area (Å²) < 4.78 is 32.5. The molecule has 218 valence electrons. The van der Waals surface area contributed by atoms with Gasteiger partial charge in [-0.2, -0.15) is 28.7 Å². The lowest BCUT2D eigenvalue weighted by atomic mass is 9.60. The average molecular weight is 599 g/mol. The molecule has 0 fully saturated rings. The number of hydrogen-bond donors (Lipinski definition) is 1. The lowest BCUT2D eigenvalue weighted by Crippen LogP contribution is -2.58. The van der Waals surface area contributed by atoms with Crippen molar-refractivity contribution >= 4 is 62.0 Å². The fraction of sp³-hybridized carbons (Fsp3) is 0.200. The Morgan fingerprint density at radius 3 is 1.49 bits per heavy atom. The van der Waals surface area contributed by atoms with E-state index in [9.17, 15) is 27.4 Å². The van der Waals surface area contributed by atoms with Gasteiger partial charge in [0.1, 0.15) is 17.3 Å². The molecule has 3 heterocycles. The number of anilines is 3. The van der Waals surface area contributed by atoms with Crippen molar-refractivity contribution in [3.05, 3.63) is 84.9 Å². The van der Waals surface area contributed by atoms with Gasteiger partial charge in [0.2, 0.25) is 0 Å². The number of benzene rings is 3. The Morgan fingerprint density at radius 2 is 1.05 bits per heavy atom. The molecular weight excluding hydrogens is 572 g/mol. The molecule has 0 radical (unpaired) electrons. The number of nitrogens with zero attached hydrogens (tertiary/aromatic N) is 6. The van der Waals surface area contributed by atoms with Crippen LogP contribution in [0.4, 0.5) is 17.1 Å². The number of para-hydroxylation sites is 2. The first-order valence-corrected chi connectivity index (χ1v) is 14.8. The Hall–Kier alpha value is -5.01. The summed E-state index contributed by atoms with van der Waals surface area (Å²) >= 11 is 0. The monoisotopic (exact) mass is 598 g/mol. The summed E-state index contributed by atoms with van der Waals surface area (Å²) in [5, 5.41) is 17.1. The summed E-state index contributed by atoms with van der Waals surface area (Å²) in [4.78, 5) is 42.9. The number of amides is 3. The molecule has 3 aromatic carbocycles. The first kappa shape index (κ1) is 28.1. The predicted molar refractivity (Wildman–Crippen MR) is 160 cm³/mol. The third kappa shape index (κ3) is 4.27. The number of hydrazone groups is 3. The molecule has 0 saturated carbocycles. The quantitative estimate of drug-likeness (QED) is 0.427. The summed E-state index contributed by atoms with van der Waals surface area (Å²) in [6.45, 7) is 4.87. The molecular formula is C30H26N6O6S. The molecule has 6 rings (SSSR count). The molecule has 3 aliphatic heterocycles. The lowest BCUT2D eigenvalue weighted by Gasteiger charge is -2.37. The Kier molecular flexibility index (Phi) is 6.58. The van der Waals surface area contributed by atoms with Crippen LogP contribution >= 0.6 is 0 Å². The van der Waals surface area contributed by atoms with Gasteiger partial charge in [0, 0.05) is 11.4 Å². The summed E-state index contributed by atoms with van der Waals surface area (Å²) in [6.07, 6.45) is 0. The third-order valence-corrected chi connectivity index (χ3v) is 8.82. The molecule has 43 heavy (non-hydrogen) atoms. The zero-order valence-electron chi connectivity index (χ0n) is 23.3. The van der Waals surface area contributed by atoms with Crippen LogP contribution < -0.4 is 15.0 Å². The standard InChI is InChI=1S/C30H26N6O6S/c1-18-25(27(37)34(31-18)21-10-6-4-7-11-21)30(20(3)33-36(29(30)39)22-12-8-5-9-13-22)26-19(2)32-35(28(26)38)23-14-16-24(17-15-23)43(40,41)42/h4-17,25-26H,1-3H3,(H,40,41,42)/t25-,26-,30-/m1/s1. The van der Waals surface area contributed by atoms with Gasteiger partial charge in [0.15, 0.2) is 0 Å². The zero-order chi connectivity index (χ0) is 30.7. The van der Waals surface area contributed by atoms with Gasteiger partial charge in [-0.3, -0.25) is 18.9 Å². The highest BCUT2D eigenvalue weighted by Gasteiger charge is 2.68. The molecule has 3 aliphatic rings. The van der Waals surface area contributed by atoms with E-state index in [1.165, 1.54) is 22.2 Å². The second-order valence-electron chi connectivity index (χ2n) is 10.5. The molecule has 1 N–H and O–H groups in total. The van der Waals surface area contributed by atoms with E-state index in [4.69, 9.17) is 0 Å². The van der Waals surface area contributed by atoms with Crippen molar-refractivity contribution in [2.24, 2.45) is 32.6 Å². The minimum Gasteiger partial charge on any atom is -0.282 e. The second kappa shape index (κ2) is 10.1. The van der Waals surface area contributed by atoms with Crippen molar-refractivity contribution in [2.45, 2.75) is 25.7 Å². The minimum atomic E-state index is -4.46. The fourth-order valence-corrected chi connectivity index (χ4v) is 6.54. The minimum absolute atomic E-state index is 0.211. The maximum Gasteiger partial charge on any atom is 0.294 e. The topological polar surface area (TPSA) is 152 Å². The Balaban J connectivity index is 1.48. The van der Waals surface area contributed by atoms with Gasteiger partial charge in [-0.25, -0.2) is 10.0 Å². The largest absolute Gasteiger partial charge is 0.294 e. The van der Waals surface area contributed by atoms with Crippen molar-refractivity contribution in [3.63, 3.8) is 0 Å². The Labute approximate surface area is 247 Å². The van der Waals surface area contributed by atoms with Crippen LogP contribution in [0.15, 0.2) is 105 Å². The molecule has 0 aliphatic carbocycles. The van der Waals surface area contributed by atoms with Crippen LogP contribution in [0.2, 0.25) is 0 Å². The van der Waals surface area contributed by atoms with E-state index in [2.05, 4.69) is 15.3 Å². The van der Waals surface area contributed by atoms with Crippen LogP contribution in [0.25, 0.3) is 0 Å². The van der Waals surface area contributed by atoms with E-state index in [0.29, 0.717) is 17.1 Å². The summed E-state index contributed by atoms with van der Waals surface area (Å²) in [5.41, 5.74) is 0.227. The van der Waals surface area contributed by atoms with Crippen molar-refractivity contribution in [3.8, 4) is 0 Å². The van der Waals surface area contributed by atoms with Crippen LogP contribution in [0.5, 0.6) is 0 Å². The number of rotatable bonds is 6. The SMILES string of the molecule is CC1=NN(c2ccccc2)C(=O)[C@@H]1[C@]1([C@H]2C(=O)N(c3ccc(S(=O)(=O)O)cc3)N=C2C)C(=O)N(c2ccccc2)N=C1C. The van der Waals surface area contributed by atoms with Crippen LogP contribution in [-0.2, 0) is 24.5 Å². The Bertz CT molecular complexity index is 1860. The van der Waals surface area contributed by atoms with Gasteiger partial charge in [-0.15, -0.1) is 0 Å². The highest BCUT2D eigenvalue weighted by atomic mass is 32.2. The Morgan fingerprint density at radius 1 is 0.628 bits per heavy atom. The predicted octanol–water partition coefficient (Wildman–Crippen LogP) is 3.72. The summed E-state index contributed by atoms with van der Waals surface area (Å²) in [5.74, 6) is -4.09. The first-order valence-electron chi connectivity index (χ1n) is 13.3. The normalized spacial score (nSPS) is 24.0. The maximum absolute atomic E-state index is 14.7. The number of carbonyl (C=O) groups excluding carboxylic acids is 3. The van der Waals surface area contributed by atoms with Crippen LogP contribution in [0.1, 0.15) is 20.8 Å². The van der Waals surface area contributed by atoms with E-state index in [-0.39, 0.29) is 22.0 Å². The van der Waals surface area contributed by atoms with Gasteiger partial charge >= 0.3 is 0 Å². The van der Waals surface area contributed by atoms with E-state index in [1.807, 2.05) is 6.07 Å². The van der Waals surface area contributed by atoms with Crippen LogP contribution in [0, 0.1) is 17.3 Å². The van der Waals surface area contributed by atoms with Gasteiger partial charge in [0.05, 0.1) is 27.7 Å². The van der Waals surface area contributed by atoms with E-state index in [1.54, 1.807) is 75.4 Å². The first-order chi connectivity index (χ1) is 20.5. The van der Waals surface area contributed by atoms with E-state index >= 15 is 0 Å². The molecule has 0 saturated heterocycles. The van der Waals surface area contributed by atoms with E-state index in [0.717, 1.165) is 17.1 Å².